The summed E-state index contributed by atoms with van der Waals surface area (Å²) in [5.74, 6) is 1.14. The van der Waals surface area contributed by atoms with Crippen molar-refractivity contribution in [1.82, 2.24) is 10.6 Å². The average molecular weight is 449 g/mol. The molecule has 1 aromatic carbocycles. The molecule has 0 radical (unpaired) electrons. The molecule has 1 atom stereocenters. The van der Waals surface area contributed by atoms with Crippen molar-refractivity contribution in [1.29, 1.82) is 0 Å². The van der Waals surface area contributed by atoms with Crippen LogP contribution in [0, 0.1) is 0 Å². The molecule has 0 aromatic heterocycles. The van der Waals surface area contributed by atoms with Crippen LogP contribution >= 0.6 is 24.0 Å². The van der Waals surface area contributed by atoms with Crippen LogP contribution in [0.1, 0.15) is 29.5 Å². The lowest BCUT2D eigenvalue weighted by atomic mass is 10.1. The van der Waals surface area contributed by atoms with Crippen molar-refractivity contribution in [3.8, 4) is 0 Å². The van der Waals surface area contributed by atoms with E-state index in [2.05, 4.69) is 33.8 Å². The minimum absolute atomic E-state index is 0. The number of sulfone groups is 1. The highest BCUT2D eigenvalue weighted by Gasteiger charge is 2.28. The van der Waals surface area contributed by atoms with Gasteiger partial charge in [-0.25, -0.2) is 8.42 Å². The molecule has 2 aliphatic rings. The van der Waals surface area contributed by atoms with Gasteiger partial charge in [0.1, 0.15) is 0 Å². The van der Waals surface area contributed by atoms with Gasteiger partial charge in [-0.2, -0.15) is 0 Å². The number of guanidine groups is 1. The number of nitrogens with one attached hydrogen (secondary N) is 2. The number of benzene rings is 1. The van der Waals surface area contributed by atoms with E-state index in [4.69, 9.17) is 0 Å². The predicted molar refractivity (Wildman–Crippen MR) is 104 cm³/mol. The van der Waals surface area contributed by atoms with Gasteiger partial charge < -0.3 is 10.6 Å². The first-order valence-electron chi connectivity index (χ1n) is 7.84. The third-order valence-electron chi connectivity index (χ3n) is 4.42. The Kier molecular flexibility index (Phi) is 6.30. The Bertz CT molecular complexity index is 689. The van der Waals surface area contributed by atoms with Gasteiger partial charge in [0.05, 0.1) is 11.5 Å². The number of hydrogen-bond acceptors (Lipinski definition) is 3. The first kappa shape index (κ1) is 18.5. The number of aliphatic imine (C=N–C) groups is 1. The van der Waals surface area contributed by atoms with Crippen molar-refractivity contribution in [3.63, 3.8) is 0 Å². The SMILES string of the molecule is CN=C(NCc1ccc2c(c1)CCC2)NC1CCS(=O)(=O)C1.I. The second-order valence-electron chi connectivity index (χ2n) is 6.13. The molecule has 1 fully saturated rings. The summed E-state index contributed by atoms with van der Waals surface area (Å²) in [6.45, 7) is 0.701. The van der Waals surface area contributed by atoms with Crippen LogP contribution in [0.3, 0.4) is 0 Å². The topological polar surface area (TPSA) is 70.6 Å². The van der Waals surface area contributed by atoms with Gasteiger partial charge in [-0.1, -0.05) is 18.2 Å². The molecular weight excluding hydrogens is 425 g/mol. The van der Waals surface area contributed by atoms with Crippen molar-refractivity contribution in [2.24, 2.45) is 4.99 Å². The number of hydrogen-bond donors (Lipinski definition) is 2. The zero-order valence-electron chi connectivity index (χ0n) is 13.3. The molecule has 5 nitrogen and oxygen atoms in total. The number of aryl methyl sites for hydroxylation is 2. The number of nitrogens with zero attached hydrogens (tertiary/aromatic N) is 1. The number of halogens is 1. The molecule has 3 rings (SSSR count). The van der Waals surface area contributed by atoms with E-state index in [1.165, 1.54) is 36.0 Å². The van der Waals surface area contributed by atoms with Crippen LogP contribution < -0.4 is 10.6 Å². The van der Waals surface area contributed by atoms with E-state index in [1.54, 1.807) is 7.05 Å². The molecule has 1 unspecified atom stereocenters. The Morgan fingerprint density at radius 2 is 2.09 bits per heavy atom. The van der Waals surface area contributed by atoms with E-state index in [0.717, 1.165) is 0 Å². The van der Waals surface area contributed by atoms with Crippen LogP contribution in [-0.4, -0.2) is 39.0 Å². The average Bonchev–Trinajstić information content (AvgIpc) is 3.08. The summed E-state index contributed by atoms with van der Waals surface area (Å²) in [5.41, 5.74) is 4.18. The molecule has 1 saturated heterocycles. The third-order valence-corrected chi connectivity index (χ3v) is 6.19. The minimum atomic E-state index is -2.87. The fourth-order valence-corrected chi connectivity index (χ4v) is 4.89. The molecule has 1 heterocycles. The summed E-state index contributed by atoms with van der Waals surface area (Å²) in [7, 11) is -1.16. The molecule has 128 valence electrons. The van der Waals surface area contributed by atoms with Gasteiger partial charge in [0, 0.05) is 19.6 Å². The van der Waals surface area contributed by atoms with Crippen molar-refractivity contribution in [2.75, 3.05) is 18.6 Å². The molecule has 2 N–H and O–H groups in total. The van der Waals surface area contributed by atoms with E-state index in [-0.39, 0.29) is 41.5 Å². The lowest BCUT2D eigenvalue weighted by molar-refractivity contribution is 0.599. The largest absolute Gasteiger partial charge is 0.353 e. The highest BCUT2D eigenvalue weighted by molar-refractivity contribution is 14.0. The fourth-order valence-electron chi connectivity index (χ4n) is 3.22. The highest BCUT2D eigenvalue weighted by Crippen LogP contribution is 2.22. The summed E-state index contributed by atoms with van der Waals surface area (Å²) in [6.07, 6.45) is 4.28. The third kappa shape index (κ3) is 4.82. The lowest BCUT2D eigenvalue weighted by Gasteiger charge is -2.16. The van der Waals surface area contributed by atoms with Crippen LogP contribution in [0.4, 0.5) is 0 Å². The maximum absolute atomic E-state index is 11.5. The number of fused-ring (bicyclic) bond motifs is 1. The normalized spacial score (nSPS) is 22.3. The zero-order valence-corrected chi connectivity index (χ0v) is 16.5. The van der Waals surface area contributed by atoms with E-state index < -0.39 is 9.84 Å². The van der Waals surface area contributed by atoms with Crippen LogP contribution in [0.15, 0.2) is 23.2 Å². The van der Waals surface area contributed by atoms with Gasteiger partial charge in [-0.05, 0) is 42.4 Å². The van der Waals surface area contributed by atoms with E-state index in [1.807, 2.05) is 0 Å². The fraction of sp³-hybridized carbons (Fsp3) is 0.562. The van der Waals surface area contributed by atoms with Gasteiger partial charge in [0.15, 0.2) is 15.8 Å². The summed E-state index contributed by atoms with van der Waals surface area (Å²) < 4.78 is 23.0. The van der Waals surface area contributed by atoms with Gasteiger partial charge in [-0.3, -0.25) is 4.99 Å². The van der Waals surface area contributed by atoms with Crippen LogP contribution in [-0.2, 0) is 29.2 Å². The van der Waals surface area contributed by atoms with Crippen LogP contribution in [0.5, 0.6) is 0 Å². The van der Waals surface area contributed by atoms with Crippen molar-refractivity contribution in [3.05, 3.63) is 34.9 Å². The Balaban J connectivity index is 0.00000192. The van der Waals surface area contributed by atoms with Gasteiger partial charge in [0.25, 0.3) is 0 Å². The minimum Gasteiger partial charge on any atom is -0.353 e. The molecule has 1 aliphatic carbocycles. The second kappa shape index (κ2) is 7.83. The molecule has 0 amide bonds. The standard InChI is InChI=1S/C16H23N3O2S.HI/c1-17-16(19-15-7-8-22(20,21)11-15)18-10-12-5-6-13-3-2-4-14(13)9-12;/h5-6,9,15H,2-4,7-8,10-11H2,1H3,(H2,17,18,19);1H. The molecular formula is C16H24IN3O2S. The smallest absolute Gasteiger partial charge is 0.191 e. The Hall–Kier alpha value is -0.830. The Morgan fingerprint density at radius 3 is 2.78 bits per heavy atom. The molecule has 0 spiro atoms. The summed E-state index contributed by atoms with van der Waals surface area (Å²) in [6, 6.07) is 6.61. The van der Waals surface area contributed by atoms with Crippen LogP contribution in [0.2, 0.25) is 0 Å². The second-order valence-corrected chi connectivity index (χ2v) is 8.36. The molecule has 23 heavy (non-hydrogen) atoms. The molecule has 1 aliphatic heterocycles. The van der Waals surface area contributed by atoms with Gasteiger partial charge in [-0.15, -0.1) is 24.0 Å². The van der Waals surface area contributed by atoms with Gasteiger partial charge in [0.2, 0.25) is 0 Å². The van der Waals surface area contributed by atoms with E-state index in [0.29, 0.717) is 18.9 Å². The molecule has 1 aromatic rings. The molecule has 0 saturated carbocycles. The first-order valence-corrected chi connectivity index (χ1v) is 9.66. The quantitative estimate of drug-likeness (QED) is 0.418. The van der Waals surface area contributed by atoms with Crippen LogP contribution in [0.25, 0.3) is 0 Å². The Morgan fingerprint density at radius 1 is 1.30 bits per heavy atom. The predicted octanol–water partition coefficient (Wildman–Crippen LogP) is 1.65. The Labute approximate surface area is 155 Å². The lowest BCUT2D eigenvalue weighted by Crippen LogP contribution is -2.43. The van der Waals surface area contributed by atoms with Gasteiger partial charge >= 0.3 is 0 Å². The number of rotatable bonds is 3. The maximum atomic E-state index is 11.5. The zero-order chi connectivity index (χ0) is 15.6. The first-order chi connectivity index (χ1) is 10.6. The maximum Gasteiger partial charge on any atom is 0.191 e. The van der Waals surface area contributed by atoms with E-state index >= 15 is 0 Å². The molecule has 7 heteroatoms. The summed E-state index contributed by atoms with van der Waals surface area (Å²) in [4.78, 5) is 4.19. The summed E-state index contributed by atoms with van der Waals surface area (Å²) >= 11 is 0. The highest BCUT2D eigenvalue weighted by atomic mass is 127. The van der Waals surface area contributed by atoms with Crippen molar-refractivity contribution < 1.29 is 8.42 Å². The molecule has 0 bridgehead atoms. The summed E-state index contributed by atoms with van der Waals surface area (Å²) in [5, 5.41) is 6.48. The van der Waals surface area contributed by atoms with Crippen molar-refractivity contribution in [2.45, 2.75) is 38.3 Å². The monoisotopic (exact) mass is 449 g/mol. The van der Waals surface area contributed by atoms with Crippen molar-refractivity contribution >= 4 is 39.8 Å². The van der Waals surface area contributed by atoms with E-state index in [9.17, 15) is 8.42 Å².